The lowest BCUT2D eigenvalue weighted by Crippen LogP contribution is -2.36. The number of aromatic nitrogens is 1. The Labute approximate surface area is 116 Å². The largest absolute Gasteiger partial charge is 0.465 e. The van der Waals surface area contributed by atoms with Gasteiger partial charge >= 0.3 is 5.97 Å². The molecule has 1 fully saturated rings. The van der Waals surface area contributed by atoms with Crippen LogP contribution in [0.15, 0.2) is 0 Å². The monoisotopic (exact) mass is 285 g/mol. The van der Waals surface area contributed by atoms with Crippen LogP contribution in [0.2, 0.25) is 0 Å². The topological polar surface area (TPSA) is 88.7 Å². The first-order valence-corrected chi connectivity index (χ1v) is 7.14. The number of aliphatic hydroxyl groups excluding tert-OH is 1. The van der Waals surface area contributed by atoms with Crippen LogP contribution in [0.1, 0.15) is 29.6 Å². The van der Waals surface area contributed by atoms with Crippen LogP contribution < -0.4 is 10.6 Å². The van der Waals surface area contributed by atoms with Crippen molar-refractivity contribution in [2.24, 2.45) is 5.92 Å². The summed E-state index contributed by atoms with van der Waals surface area (Å²) in [6.45, 7) is 1.91. The predicted molar refractivity (Wildman–Crippen MR) is 74.5 cm³/mol. The third kappa shape index (κ3) is 2.98. The van der Waals surface area contributed by atoms with E-state index in [-0.39, 0.29) is 12.4 Å². The molecule has 7 heteroatoms. The number of methoxy groups -OCH3 is 1. The normalized spacial score (nSPS) is 19.5. The lowest BCUT2D eigenvalue weighted by molar-refractivity contribution is 0.0602. The van der Waals surface area contributed by atoms with E-state index in [9.17, 15) is 4.79 Å². The van der Waals surface area contributed by atoms with Crippen molar-refractivity contribution in [2.75, 3.05) is 37.4 Å². The van der Waals surface area contributed by atoms with Crippen molar-refractivity contribution in [1.82, 2.24) is 4.37 Å². The van der Waals surface area contributed by atoms with Gasteiger partial charge in [-0.05, 0) is 36.7 Å². The molecular formula is C12H19N3O3S. The number of hydrogen-bond acceptors (Lipinski definition) is 7. The van der Waals surface area contributed by atoms with Gasteiger partial charge in [-0.15, -0.1) is 0 Å². The number of carbonyl (C=O) groups is 1. The molecule has 0 amide bonds. The average molecular weight is 285 g/mol. The zero-order chi connectivity index (χ0) is 13.8. The average Bonchev–Trinajstić information content (AvgIpc) is 2.80. The lowest BCUT2D eigenvalue weighted by Gasteiger charge is -2.33. The summed E-state index contributed by atoms with van der Waals surface area (Å²) in [5.74, 6) is 0.245. The van der Waals surface area contributed by atoms with E-state index in [4.69, 9.17) is 15.6 Å². The van der Waals surface area contributed by atoms with Gasteiger partial charge in [-0.25, -0.2) is 4.79 Å². The summed E-state index contributed by atoms with van der Waals surface area (Å²) in [6, 6.07) is 0. The number of nitrogens with zero attached hydrogens (tertiary/aromatic N) is 2. The number of aliphatic hydroxyl groups is 1. The van der Waals surface area contributed by atoms with Crippen LogP contribution in [0.25, 0.3) is 0 Å². The summed E-state index contributed by atoms with van der Waals surface area (Å²) in [4.78, 5) is 13.9. The minimum Gasteiger partial charge on any atom is -0.465 e. The number of ether oxygens (including phenoxy) is 1. The molecule has 1 aliphatic heterocycles. The minimum absolute atomic E-state index is 0.202. The first-order chi connectivity index (χ1) is 9.17. The zero-order valence-electron chi connectivity index (χ0n) is 11.0. The number of hydrogen-bond donors (Lipinski definition) is 2. The second kappa shape index (κ2) is 6.21. The molecule has 1 unspecified atom stereocenters. The quantitative estimate of drug-likeness (QED) is 0.806. The van der Waals surface area contributed by atoms with Crippen molar-refractivity contribution in [2.45, 2.75) is 19.3 Å². The molecule has 0 radical (unpaired) electrons. The lowest BCUT2D eigenvalue weighted by atomic mass is 9.95. The zero-order valence-corrected chi connectivity index (χ0v) is 11.8. The summed E-state index contributed by atoms with van der Waals surface area (Å²) in [7, 11) is 1.34. The summed E-state index contributed by atoms with van der Waals surface area (Å²) in [5.41, 5.74) is 6.12. The van der Waals surface area contributed by atoms with E-state index in [0.717, 1.165) is 37.4 Å². The van der Waals surface area contributed by atoms with E-state index < -0.39 is 5.97 Å². The molecular weight excluding hydrogens is 266 g/mol. The van der Waals surface area contributed by atoms with Gasteiger partial charge in [-0.1, -0.05) is 0 Å². The number of rotatable bonds is 4. The van der Waals surface area contributed by atoms with Gasteiger partial charge in [0.1, 0.15) is 10.6 Å². The molecule has 0 bridgehead atoms. The summed E-state index contributed by atoms with van der Waals surface area (Å²) in [5, 5.41) is 9.82. The fraction of sp³-hybridized carbons (Fsp3) is 0.667. The van der Waals surface area contributed by atoms with Gasteiger partial charge in [0, 0.05) is 19.7 Å². The Kier molecular flexibility index (Phi) is 4.60. The fourth-order valence-corrected chi connectivity index (χ4v) is 3.31. The van der Waals surface area contributed by atoms with Crippen LogP contribution in [0, 0.1) is 5.92 Å². The van der Waals surface area contributed by atoms with Gasteiger partial charge in [-0.2, -0.15) is 4.37 Å². The molecule has 106 valence electrons. The molecule has 1 aromatic heterocycles. The first-order valence-electron chi connectivity index (χ1n) is 6.36. The second-order valence-electron chi connectivity index (χ2n) is 4.71. The first kappa shape index (κ1) is 14.1. The van der Waals surface area contributed by atoms with E-state index >= 15 is 0 Å². The van der Waals surface area contributed by atoms with Crippen LogP contribution in [-0.2, 0) is 4.74 Å². The molecule has 0 aliphatic carbocycles. The van der Waals surface area contributed by atoms with E-state index in [1.807, 2.05) is 0 Å². The van der Waals surface area contributed by atoms with Crippen molar-refractivity contribution < 1.29 is 14.6 Å². The van der Waals surface area contributed by atoms with Gasteiger partial charge < -0.3 is 20.5 Å². The standard InChI is InChI=1S/C12H19N3O3S/c1-18-12(17)9-10(13)14-19-11(9)15-5-2-3-8(7-15)4-6-16/h8,16H,2-7H2,1H3,(H2,13,14). The van der Waals surface area contributed by atoms with Crippen molar-refractivity contribution >= 4 is 28.3 Å². The number of anilines is 2. The van der Waals surface area contributed by atoms with Crippen LogP contribution >= 0.6 is 11.5 Å². The molecule has 2 heterocycles. The van der Waals surface area contributed by atoms with Crippen LogP contribution in [0.5, 0.6) is 0 Å². The molecule has 0 saturated carbocycles. The van der Waals surface area contributed by atoms with Gasteiger partial charge in [0.15, 0.2) is 5.82 Å². The third-order valence-corrected chi connectivity index (χ3v) is 4.36. The molecule has 1 aromatic rings. The fourth-order valence-electron chi connectivity index (χ4n) is 2.47. The van der Waals surface area contributed by atoms with Crippen molar-refractivity contribution in [3.63, 3.8) is 0 Å². The number of carbonyl (C=O) groups excluding carboxylic acids is 1. The number of piperidine rings is 1. The Morgan fingerprint density at radius 1 is 1.68 bits per heavy atom. The highest BCUT2D eigenvalue weighted by Gasteiger charge is 2.27. The molecule has 1 aliphatic rings. The summed E-state index contributed by atoms with van der Waals surface area (Å²) >= 11 is 1.23. The molecule has 0 aromatic carbocycles. The molecule has 19 heavy (non-hydrogen) atoms. The van der Waals surface area contributed by atoms with Gasteiger partial charge in [-0.3, -0.25) is 0 Å². The Hall–Kier alpha value is -1.34. The highest BCUT2D eigenvalue weighted by atomic mass is 32.1. The number of nitrogen functional groups attached to an aromatic ring is 1. The van der Waals surface area contributed by atoms with E-state index in [0.29, 0.717) is 11.5 Å². The minimum atomic E-state index is -0.439. The van der Waals surface area contributed by atoms with Gasteiger partial charge in [0.25, 0.3) is 0 Å². The van der Waals surface area contributed by atoms with Crippen LogP contribution in [-0.4, -0.2) is 42.3 Å². The molecule has 3 N–H and O–H groups in total. The highest BCUT2D eigenvalue weighted by molar-refractivity contribution is 7.11. The maximum absolute atomic E-state index is 11.8. The Bertz CT molecular complexity index is 447. The van der Waals surface area contributed by atoms with Gasteiger partial charge in [0.05, 0.1) is 7.11 Å². The van der Waals surface area contributed by atoms with E-state index in [1.165, 1.54) is 18.6 Å². The van der Waals surface area contributed by atoms with E-state index in [1.54, 1.807) is 0 Å². The highest BCUT2D eigenvalue weighted by Crippen LogP contribution is 2.34. The SMILES string of the molecule is COC(=O)c1c(N)nsc1N1CCCC(CCO)C1. The number of esters is 1. The maximum atomic E-state index is 11.8. The van der Waals surface area contributed by atoms with Crippen molar-refractivity contribution in [3.05, 3.63) is 5.56 Å². The Morgan fingerprint density at radius 2 is 2.47 bits per heavy atom. The third-order valence-electron chi connectivity index (χ3n) is 3.43. The molecule has 2 rings (SSSR count). The smallest absolute Gasteiger partial charge is 0.344 e. The Morgan fingerprint density at radius 3 is 3.16 bits per heavy atom. The van der Waals surface area contributed by atoms with Crippen LogP contribution in [0.4, 0.5) is 10.8 Å². The maximum Gasteiger partial charge on any atom is 0.344 e. The second-order valence-corrected chi connectivity index (χ2v) is 5.46. The van der Waals surface area contributed by atoms with E-state index in [2.05, 4.69) is 9.27 Å². The Balaban J connectivity index is 2.19. The molecule has 1 atom stereocenters. The van der Waals surface area contributed by atoms with Crippen molar-refractivity contribution in [3.8, 4) is 0 Å². The number of nitrogens with two attached hydrogens (primary N) is 1. The summed E-state index contributed by atoms with van der Waals surface area (Å²) in [6.07, 6.45) is 2.94. The molecule has 0 spiro atoms. The molecule has 6 nitrogen and oxygen atoms in total. The molecule has 1 saturated heterocycles. The van der Waals surface area contributed by atoms with Crippen molar-refractivity contribution in [1.29, 1.82) is 0 Å². The van der Waals surface area contributed by atoms with Gasteiger partial charge in [0.2, 0.25) is 0 Å². The predicted octanol–water partition coefficient (Wildman–Crippen LogP) is 1.11. The van der Waals surface area contributed by atoms with Crippen LogP contribution in [0.3, 0.4) is 0 Å². The summed E-state index contributed by atoms with van der Waals surface area (Å²) < 4.78 is 8.82.